The molecule has 18 heavy (non-hydrogen) atoms. The van der Waals surface area contributed by atoms with Crippen molar-refractivity contribution < 1.29 is 4.39 Å². The normalized spacial score (nSPS) is 10.4. The van der Waals surface area contributed by atoms with Crippen LogP contribution in [0.15, 0.2) is 40.4 Å². The molecule has 0 fully saturated rings. The molecule has 0 atom stereocenters. The molecule has 0 saturated carbocycles. The Kier molecular flexibility index (Phi) is 4.38. The van der Waals surface area contributed by atoms with Gasteiger partial charge in [-0.15, -0.1) is 0 Å². The van der Waals surface area contributed by atoms with E-state index in [2.05, 4.69) is 15.3 Å². The van der Waals surface area contributed by atoms with Gasteiger partial charge in [0.25, 0.3) is 0 Å². The summed E-state index contributed by atoms with van der Waals surface area (Å²) in [4.78, 5) is 8.76. The topological polar surface area (TPSA) is 37.8 Å². The van der Waals surface area contributed by atoms with Crippen molar-refractivity contribution in [1.82, 2.24) is 9.97 Å². The number of hydrogen-bond acceptors (Lipinski definition) is 4. The molecule has 1 heterocycles. The molecule has 0 radical (unpaired) electrons. The van der Waals surface area contributed by atoms with Crippen LogP contribution in [0.5, 0.6) is 0 Å². The van der Waals surface area contributed by atoms with Crippen molar-refractivity contribution in [3.05, 3.63) is 41.3 Å². The van der Waals surface area contributed by atoms with Gasteiger partial charge in [0.1, 0.15) is 10.8 Å². The Morgan fingerprint density at radius 1 is 1.39 bits per heavy atom. The van der Waals surface area contributed by atoms with Crippen LogP contribution < -0.4 is 5.32 Å². The molecule has 1 aromatic heterocycles. The molecular weight excluding hydrogens is 273 g/mol. The molecule has 3 nitrogen and oxygen atoms in total. The largest absolute Gasteiger partial charge is 0.354 e. The smallest absolute Gasteiger partial charge is 0.223 e. The molecule has 6 heteroatoms. The van der Waals surface area contributed by atoms with E-state index in [0.29, 0.717) is 27.4 Å². The van der Waals surface area contributed by atoms with E-state index in [9.17, 15) is 4.39 Å². The van der Waals surface area contributed by atoms with E-state index in [1.807, 2.05) is 6.92 Å². The standard InChI is InChI=1S/C12H11ClFN3S/c1-2-15-12-16-7-8(13)11(17-12)18-10-6-4-3-5-9(10)14/h3-7H,2H2,1H3,(H,15,16,17). The fourth-order valence-electron chi connectivity index (χ4n) is 1.30. The highest BCUT2D eigenvalue weighted by Crippen LogP contribution is 2.33. The fraction of sp³-hybridized carbons (Fsp3) is 0.167. The summed E-state index contributed by atoms with van der Waals surface area (Å²) in [6, 6.07) is 6.50. The lowest BCUT2D eigenvalue weighted by atomic mass is 10.3. The van der Waals surface area contributed by atoms with E-state index in [0.717, 1.165) is 0 Å². The molecule has 0 aliphatic heterocycles. The molecule has 0 aliphatic rings. The van der Waals surface area contributed by atoms with Gasteiger partial charge in [-0.2, -0.15) is 0 Å². The molecule has 2 aromatic rings. The maximum atomic E-state index is 13.5. The third kappa shape index (κ3) is 3.11. The van der Waals surface area contributed by atoms with Crippen molar-refractivity contribution in [2.24, 2.45) is 0 Å². The first-order valence-corrected chi connectivity index (χ1v) is 6.59. The van der Waals surface area contributed by atoms with Gasteiger partial charge >= 0.3 is 0 Å². The number of anilines is 1. The first kappa shape index (κ1) is 13.1. The molecule has 2 rings (SSSR count). The Balaban J connectivity index is 2.28. The van der Waals surface area contributed by atoms with Crippen molar-refractivity contribution >= 4 is 29.3 Å². The first-order valence-electron chi connectivity index (χ1n) is 5.39. The van der Waals surface area contributed by atoms with Gasteiger partial charge in [-0.3, -0.25) is 0 Å². The first-order chi connectivity index (χ1) is 8.70. The quantitative estimate of drug-likeness (QED) is 0.865. The van der Waals surface area contributed by atoms with E-state index in [4.69, 9.17) is 11.6 Å². The molecule has 0 aliphatic carbocycles. The Hall–Kier alpha value is -1.33. The third-order valence-electron chi connectivity index (χ3n) is 2.09. The highest BCUT2D eigenvalue weighted by Gasteiger charge is 2.09. The fourth-order valence-corrected chi connectivity index (χ4v) is 2.31. The van der Waals surface area contributed by atoms with Gasteiger partial charge in [0.05, 0.1) is 11.2 Å². The van der Waals surface area contributed by atoms with Gasteiger partial charge in [-0.1, -0.05) is 35.5 Å². The second-order valence-corrected chi connectivity index (χ2v) is 4.85. The summed E-state index contributed by atoms with van der Waals surface area (Å²) >= 11 is 7.19. The molecular formula is C12H11ClFN3S. The number of hydrogen-bond donors (Lipinski definition) is 1. The average Bonchev–Trinajstić information content (AvgIpc) is 2.36. The summed E-state index contributed by atoms with van der Waals surface area (Å²) < 4.78 is 13.5. The van der Waals surface area contributed by atoms with Crippen LogP contribution in [0.4, 0.5) is 10.3 Å². The van der Waals surface area contributed by atoms with Crippen LogP contribution in [0.25, 0.3) is 0 Å². The summed E-state index contributed by atoms with van der Waals surface area (Å²) in [5.41, 5.74) is 0. The van der Waals surface area contributed by atoms with E-state index < -0.39 is 0 Å². The Bertz CT molecular complexity index is 551. The number of nitrogens with zero attached hydrogens (tertiary/aromatic N) is 2. The van der Waals surface area contributed by atoms with Crippen molar-refractivity contribution in [2.75, 3.05) is 11.9 Å². The molecule has 0 spiro atoms. The van der Waals surface area contributed by atoms with E-state index in [1.54, 1.807) is 18.2 Å². The predicted molar refractivity (Wildman–Crippen MR) is 71.7 cm³/mol. The lowest BCUT2D eigenvalue weighted by Crippen LogP contribution is -2.02. The van der Waals surface area contributed by atoms with E-state index in [-0.39, 0.29) is 5.82 Å². The third-order valence-corrected chi connectivity index (χ3v) is 3.53. The highest BCUT2D eigenvalue weighted by atomic mass is 35.5. The van der Waals surface area contributed by atoms with Crippen LogP contribution in [-0.2, 0) is 0 Å². The van der Waals surface area contributed by atoms with Gasteiger partial charge < -0.3 is 5.32 Å². The van der Waals surface area contributed by atoms with Crippen LogP contribution in [-0.4, -0.2) is 16.5 Å². The monoisotopic (exact) mass is 283 g/mol. The Labute approximate surface area is 114 Å². The molecule has 1 N–H and O–H groups in total. The zero-order valence-electron chi connectivity index (χ0n) is 9.65. The van der Waals surface area contributed by atoms with Gasteiger partial charge in [0, 0.05) is 11.4 Å². The molecule has 0 amide bonds. The minimum atomic E-state index is -0.290. The summed E-state index contributed by atoms with van der Waals surface area (Å²) in [5.74, 6) is 0.197. The zero-order valence-corrected chi connectivity index (χ0v) is 11.2. The molecule has 94 valence electrons. The van der Waals surface area contributed by atoms with Crippen LogP contribution in [0.1, 0.15) is 6.92 Å². The maximum Gasteiger partial charge on any atom is 0.223 e. The summed E-state index contributed by atoms with van der Waals surface area (Å²) in [5, 5.41) is 3.93. The average molecular weight is 284 g/mol. The Morgan fingerprint density at radius 2 is 2.17 bits per heavy atom. The summed E-state index contributed by atoms with van der Waals surface area (Å²) in [6.45, 7) is 2.66. The molecule has 0 bridgehead atoms. The van der Waals surface area contributed by atoms with Crippen molar-refractivity contribution in [3.8, 4) is 0 Å². The Morgan fingerprint density at radius 3 is 2.89 bits per heavy atom. The zero-order chi connectivity index (χ0) is 13.0. The van der Waals surface area contributed by atoms with Crippen molar-refractivity contribution in [2.45, 2.75) is 16.8 Å². The number of nitrogens with one attached hydrogen (secondary N) is 1. The second kappa shape index (κ2) is 6.02. The number of halogens is 2. The van der Waals surface area contributed by atoms with E-state index >= 15 is 0 Å². The van der Waals surface area contributed by atoms with E-state index in [1.165, 1.54) is 24.0 Å². The minimum absolute atomic E-state index is 0.290. The van der Waals surface area contributed by atoms with Gasteiger partial charge in [0.15, 0.2) is 0 Å². The molecule has 0 unspecified atom stereocenters. The van der Waals surface area contributed by atoms with Crippen molar-refractivity contribution in [1.29, 1.82) is 0 Å². The maximum absolute atomic E-state index is 13.5. The summed E-state index contributed by atoms with van der Waals surface area (Å²) in [7, 11) is 0. The van der Waals surface area contributed by atoms with Crippen LogP contribution >= 0.6 is 23.4 Å². The van der Waals surface area contributed by atoms with Gasteiger partial charge in [0.2, 0.25) is 5.95 Å². The minimum Gasteiger partial charge on any atom is -0.354 e. The molecule has 0 saturated heterocycles. The predicted octanol–water partition coefficient (Wildman–Crippen LogP) is 3.85. The van der Waals surface area contributed by atoms with Crippen LogP contribution in [0, 0.1) is 5.82 Å². The van der Waals surface area contributed by atoms with Gasteiger partial charge in [-0.05, 0) is 19.1 Å². The van der Waals surface area contributed by atoms with Crippen LogP contribution in [0.3, 0.4) is 0 Å². The second-order valence-electron chi connectivity index (χ2n) is 3.41. The van der Waals surface area contributed by atoms with Crippen molar-refractivity contribution in [3.63, 3.8) is 0 Å². The SMILES string of the molecule is CCNc1ncc(Cl)c(Sc2ccccc2F)n1. The number of benzene rings is 1. The lowest BCUT2D eigenvalue weighted by Gasteiger charge is -2.06. The highest BCUT2D eigenvalue weighted by molar-refractivity contribution is 7.99. The van der Waals surface area contributed by atoms with Gasteiger partial charge in [-0.25, -0.2) is 14.4 Å². The molecule has 1 aromatic carbocycles. The summed E-state index contributed by atoms with van der Waals surface area (Å²) in [6.07, 6.45) is 1.51. The number of rotatable bonds is 4. The van der Waals surface area contributed by atoms with Crippen LogP contribution in [0.2, 0.25) is 5.02 Å². The number of aromatic nitrogens is 2. The lowest BCUT2D eigenvalue weighted by molar-refractivity contribution is 0.602.